The summed E-state index contributed by atoms with van der Waals surface area (Å²) in [7, 11) is 1.70. The molecule has 0 amide bonds. The number of hydrogen-bond acceptors (Lipinski definition) is 3. The number of carbonyl (C=O) groups excluding carboxylic acids is 1. The second kappa shape index (κ2) is 4.31. The minimum atomic E-state index is -0.0937. The third-order valence-corrected chi connectivity index (χ3v) is 4.60. The van der Waals surface area contributed by atoms with Crippen molar-refractivity contribution < 1.29 is 4.79 Å². The summed E-state index contributed by atoms with van der Waals surface area (Å²) in [4.78, 5) is 12.8. The van der Waals surface area contributed by atoms with Crippen LogP contribution in [0.25, 0.3) is 0 Å². The Kier molecular flexibility index (Phi) is 3.19. The van der Waals surface area contributed by atoms with Crippen LogP contribution in [0, 0.1) is 6.92 Å². The fraction of sp³-hybridized carbons (Fsp3) is 0.200. The third-order valence-electron chi connectivity index (χ3n) is 2.19. The van der Waals surface area contributed by atoms with E-state index in [4.69, 9.17) is 11.6 Å². The molecular weight excluding hydrogens is 312 g/mol. The summed E-state index contributed by atoms with van der Waals surface area (Å²) in [5.74, 6) is -0.0937. The standard InChI is InChI=1S/C10H8BrClN2OS/c1-5-3-7(16-10(5)11)9(15)8-6(12)4-13-14(8)2/h3-4H,1-2H3. The first-order chi connectivity index (χ1) is 7.50. The first kappa shape index (κ1) is 11.8. The Balaban J connectivity index is 2.47. The van der Waals surface area contributed by atoms with Gasteiger partial charge < -0.3 is 0 Å². The molecule has 0 fully saturated rings. The maximum Gasteiger partial charge on any atom is 0.222 e. The van der Waals surface area contributed by atoms with Gasteiger partial charge in [0.15, 0.2) is 0 Å². The van der Waals surface area contributed by atoms with Crippen molar-refractivity contribution in [2.24, 2.45) is 7.05 Å². The second-order valence-corrected chi connectivity index (χ2v) is 6.14. The summed E-state index contributed by atoms with van der Waals surface area (Å²) in [6.45, 7) is 1.95. The van der Waals surface area contributed by atoms with Crippen LogP contribution in [0.2, 0.25) is 5.02 Å². The molecule has 0 bridgehead atoms. The Morgan fingerprint density at radius 2 is 2.31 bits per heavy atom. The summed E-state index contributed by atoms with van der Waals surface area (Å²) < 4.78 is 2.46. The molecule has 0 spiro atoms. The molecular formula is C10H8BrClN2OS. The van der Waals surface area contributed by atoms with E-state index >= 15 is 0 Å². The molecule has 84 valence electrons. The number of ketones is 1. The van der Waals surface area contributed by atoms with Crippen LogP contribution in [0.3, 0.4) is 0 Å². The zero-order chi connectivity index (χ0) is 11.9. The van der Waals surface area contributed by atoms with Gasteiger partial charge in [0.25, 0.3) is 0 Å². The summed E-state index contributed by atoms with van der Waals surface area (Å²) in [6, 6.07) is 1.85. The second-order valence-electron chi connectivity index (χ2n) is 3.36. The average Bonchev–Trinajstić information content (AvgIpc) is 2.72. The zero-order valence-electron chi connectivity index (χ0n) is 8.62. The van der Waals surface area contributed by atoms with Crippen molar-refractivity contribution in [3.05, 3.63) is 37.2 Å². The van der Waals surface area contributed by atoms with Crippen molar-refractivity contribution in [3.63, 3.8) is 0 Å². The molecule has 0 aliphatic carbocycles. The highest BCUT2D eigenvalue weighted by Gasteiger charge is 2.19. The van der Waals surface area contributed by atoms with E-state index in [1.807, 2.05) is 13.0 Å². The molecule has 16 heavy (non-hydrogen) atoms. The van der Waals surface area contributed by atoms with Crippen molar-refractivity contribution in [2.45, 2.75) is 6.92 Å². The van der Waals surface area contributed by atoms with E-state index in [0.29, 0.717) is 15.6 Å². The molecule has 0 saturated carbocycles. The lowest BCUT2D eigenvalue weighted by Gasteiger charge is -1.99. The van der Waals surface area contributed by atoms with Crippen LogP contribution in [0.5, 0.6) is 0 Å². The van der Waals surface area contributed by atoms with E-state index in [1.54, 1.807) is 7.05 Å². The minimum Gasteiger partial charge on any atom is -0.286 e. The van der Waals surface area contributed by atoms with E-state index in [1.165, 1.54) is 22.2 Å². The lowest BCUT2D eigenvalue weighted by molar-refractivity contribution is 0.103. The molecule has 2 aromatic heterocycles. The van der Waals surface area contributed by atoms with Gasteiger partial charge in [-0.3, -0.25) is 9.48 Å². The fourth-order valence-electron chi connectivity index (χ4n) is 1.35. The number of carbonyl (C=O) groups is 1. The molecule has 0 atom stereocenters. The van der Waals surface area contributed by atoms with E-state index in [2.05, 4.69) is 21.0 Å². The van der Waals surface area contributed by atoms with Crippen molar-refractivity contribution in [1.29, 1.82) is 0 Å². The van der Waals surface area contributed by atoms with Crippen molar-refractivity contribution in [1.82, 2.24) is 9.78 Å². The van der Waals surface area contributed by atoms with Crippen LogP contribution in [0.15, 0.2) is 16.0 Å². The summed E-state index contributed by atoms with van der Waals surface area (Å²) in [5.41, 5.74) is 1.47. The molecule has 3 nitrogen and oxygen atoms in total. The van der Waals surface area contributed by atoms with Gasteiger partial charge in [0.05, 0.1) is 19.9 Å². The average molecular weight is 320 g/mol. The number of halogens is 2. The van der Waals surface area contributed by atoms with Crippen molar-refractivity contribution in [3.8, 4) is 0 Å². The summed E-state index contributed by atoms with van der Waals surface area (Å²) in [6.07, 6.45) is 1.48. The lowest BCUT2D eigenvalue weighted by Crippen LogP contribution is -2.07. The van der Waals surface area contributed by atoms with Gasteiger partial charge in [-0.2, -0.15) is 5.10 Å². The molecule has 0 aliphatic heterocycles. The number of aryl methyl sites for hydroxylation is 2. The Morgan fingerprint density at radius 3 is 2.75 bits per heavy atom. The predicted octanol–water partition coefficient (Wildman–Crippen LogP) is 3.44. The molecule has 0 saturated heterocycles. The molecule has 2 rings (SSSR count). The van der Waals surface area contributed by atoms with Crippen LogP contribution in [0.1, 0.15) is 20.9 Å². The summed E-state index contributed by atoms with van der Waals surface area (Å²) >= 11 is 10.7. The van der Waals surface area contributed by atoms with Crippen LogP contribution in [-0.4, -0.2) is 15.6 Å². The maximum atomic E-state index is 12.2. The Morgan fingerprint density at radius 1 is 1.62 bits per heavy atom. The van der Waals surface area contributed by atoms with Gasteiger partial charge in [0.1, 0.15) is 5.69 Å². The molecule has 6 heteroatoms. The Hall–Kier alpha value is -0.650. The topological polar surface area (TPSA) is 34.9 Å². The highest BCUT2D eigenvalue weighted by Crippen LogP contribution is 2.30. The van der Waals surface area contributed by atoms with Crippen LogP contribution < -0.4 is 0 Å². The first-order valence-electron chi connectivity index (χ1n) is 4.49. The number of hydrogen-bond donors (Lipinski definition) is 0. The number of aromatic nitrogens is 2. The van der Waals surface area contributed by atoms with Crippen molar-refractivity contribution in [2.75, 3.05) is 0 Å². The number of thiophene rings is 1. The Labute approximate surface area is 110 Å². The molecule has 0 aliphatic rings. The number of nitrogens with zero attached hydrogens (tertiary/aromatic N) is 2. The van der Waals surface area contributed by atoms with Crippen molar-refractivity contribution >= 4 is 44.7 Å². The van der Waals surface area contributed by atoms with E-state index in [0.717, 1.165) is 9.35 Å². The van der Waals surface area contributed by atoms with Gasteiger partial charge in [0, 0.05) is 7.05 Å². The van der Waals surface area contributed by atoms with Gasteiger partial charge in [-0.1, -0.05) is 11.6 Å². The molecule has 0 radical (unpaired) electrons. The molecule has 0 N–H and O–H groups in total. The van der Waals surface area contributed by atoms with E-state index < -0.39 is 0 Å². The van der Waals surface area contributed by atoms with Gasteiger partial charge in [0.2, 0.25) is 5.78 Å². The first-order valence-corrected chi connectivity index (χ1v) is 6.47. The van der Waals surface area contributed by atoms with E-state index in [-0.39, 0.29) is 5.78 Å². The van der Waals surface area contributed by atoms with Crippen LogP contribution in [-0.2, 0) is 7.05 Å². The van der Waals surface area contributed by atoms with Crippen LogP contribution >= 0.6 is 38.9 Å². The minimum absolute atomic E-state index is 0.0937. The highest BCUT2D eigenvalue weighted by atomic mass is 79.9. The zero-order valence-corrected chi connectivity index (χ0v) is 11.8. The smallest absolute Gasteiger partial charge is 0.222 e. The van der Waals surface area contributed by atoms with Gasteiger partial charge >= 0.3 is 0 Å². The third kappa shape index (κ3) is 1.95. The summed E-state index contributed by atoms with van der Waals surface area (Å²) in [5, 5.41) is 4.33. The van der Waals surface area contributed by atoms with Crippen LogP contribution in [0.4, 0.5) is 0 Å². The monoisotopic (exact) mass is 318 g/mol. The molecule has 0 aromatic carbocycles. The predicted molar refractivity (Wildman–Crippen MR) is 68.4 cm³/mol. The fourth-order valence-corrected chi connectivity index (χ4v) is 3.08. The largest absolute Gasteiger partial charge is 0.286 e. The molecule has 2 heterocycles. The molecule has 2 aromatic rings. The van der Waals surface area contributed by atoms with Gasteiger partial charge in [-0.05, 0) is 34.5 Å². The maximum absolute atomic E-state index is 12.2. The SMILES string of the molecule is Cc1cc(C(=O)c2c(Cl)cnn2C)sc1Br. The number of rotatable bonds is 2. The highest BCUT2D eigenvalue weighted by molar-refractivity contribution is 9.11. The van der Waals surface area contributed by atoms with E-state index in [9.17, 15) is 4.79 Å². The quantitative estimate of drug-likeness (QED) is 0.795. The normalized spacial score (nSPS) is 10.8. The lowest BCUT2D eigenvalue weighted by atomic mass is 10.2. The molecule has 0 unspecified atom stereocenters. The van der Waals surface area contributed by atoms with Gasteiger partial charge in [-0.25, -0.2) is 0 Å². The Bertz CT molecular complexity index is 522. The van der Waals surface area contributed by atoms with Gasteiger partial charge in [-0.15, -0.1) is 11.3 Å².